The molecule has 0 radical (unpaired) electrons. The molecule has 0 amide bonds. The van der Waals surface area contributed by atoms with Gasteiger partial charge in [0.25, 0.3) is 5.56 Å². The predicted octanol–water partition coefficient (Wildman–Crippen LogP) is 6.05. The number of H-pyrrole nitrogens is 2. The molecule has 0 unspecified atom stereocenters. The van der Waals surface area contributed by atoms with E-state index in [0.29, 0.717) is 10.9 Å². The van der Waals surface area contributed by atoms with Gasteiger partial charge in [-0.15, -0.1) is 0 Å². The van der Waals surface area contributed by atoms with Crippen molar-refractivity contribution in [3.05, 3.63) is 123 Å². The Morgan fingerprint density at radius 1 is 0.878 bits per heavy atom. The van der Waals surface area contributed by atoms with E-state index in [4.69, 9.17) is 4.98 Å². The zero-order chi connectivity index (χ0) is 27.9. The standard InChI is InChI=1S/C34H31N5O2/c1-22-7-12-30-31(19-22)39(34(41)37-30)26-14-17-38(18-15-26)21-23-8-10-25(11-9-23)32-27(24-5-3-2-4-6-24)20-28-29(36-32)13-16-35-33(28)40/h2-13,16,19-20,26H,14-15,17-18,21H2,1H3,(H,35,40)(H,37,41). The largest absolute Gasteiger partial charge is 0.328 e. The fourth-order valence-corrected chi connectivity index (χ4v) is 6.12. The Morgan fingerprint density at radius 2 is 1.66 bits per heavy atom. The molecule has 4 heterocycles. The minimum absolute atomic E-state index is 0.0126. The molecule has 7 rings (SSSR count). The van der Waals surface area contributed by atoms with Crippen molar-refractivity contribution < 1.29 is 0 Å². The number of hydrogen-bond donors (Lipinski definition) is 2. The molecule has 3 aromatic heterocycles. The number of nitrogens with one attached hydrogen (secondary N) is 2. The molecule has 1 aliphatic heterocycles. The summed E-state index contributed by atoms with van der Waals surface area (Å²) < 4.78 is 1.96. The van der Waals surface area contributed by atoms with E-state index in [-0.39, 0.29) is 17.3 Å². The van der Waals surface area contributed by atoms with Gasteiger partial charge in [0.15, 0.2) is 0 Å². The Labute approximate surface area is 237 Å². The molecule has 41 heavy (non-hydrogen) atoms. The normalized spacial score (nSPS) is 14.7. The first-order valence-electron chi connectivity index (χ1n) is 14.1. The summed E-state index contributed by atoms with van der Waals surface area (Å²) in [6.45, 7) is 4.81. The molecular formula is C34H31N5O2. The second-order valence-corrected chi connectivity index (χ2v) is 11.0. The molecule has 0 atom stereocenters. The Bertz CT molecular complexity index is 1980. The number of fused-ring (bicyclic) bond motifs is 2. The van der Waals surface area contributed by atoms with Gasteiger partial charge in [0, 0.05) is 43.0 Å². The van der Waals surface area contributed by atoms with Crippen LogP contribution in [0.2, 0.25) is 0 Å². The average molecular weight is 542 g/mol. The molecule has 0 saturated carbocycles. The van der Waals surface area contributed by atoms with E-state index in [9.17, 15) is 9.59 Å². The highest BCUT2D eigenvalue weighted by atomic mass is 16.1. The first kappa shape index (κ1) is 25.2. The molecule has 0 bridgehead atoms. The summed E-state index contributed by atoms with van der Waals surface area (Å²) in [6, 6.07) is 28.8. The Balaban J connectivity index is 1.11. The molecule has 1 saturated heterocycles. The van der Waals surface area contributed by atoms with Gasteiger partial charge in [0.05, 0.1) is 27.6 Å². The predicted molar refractivity (Wildman–Crippen MR) is 164 cm³/mol. The SMILES string of the molecule is Cc1ccc2[nH]c(=O)n(C3CCN(Cc4ccc(-c5nc6cc[nH]c(=O)c6cc5-c5ccccc5)cc4)CC3)c2c1. The van der Waals surface area contributed by atoms with Gasteiger partial charge in [-0.3, -0.25) is 14.3 Å². The van der Waals surface area contributed by atoms with Crippen molar-refractivity contribution in [1.82, 2.24) is 24.4 Å². The summed E-state index contributed by atoms with van der Waals surface area (Å²) in [5, 5.41) is 0.583. The summed E-state index contributed by atoms with van der Waals surface area (Å²) >= 11 is 0. The van der Waals surface area contributed by atoms with Crippen molar-refractivity contribution in [3.8, 4) is 22.4 Å². The Hall–Kier alpha value is -4.75. The van der Waals surface area contributed by atoms with Crippen LogP contribution in [0.25, 0.3) is 44.3 Å². The molecule has 1 aliphatic rings. The van der Waals surface area contributed by atoms with Gasteiger partial charge in [-0.1, -0.05) is 60.7 Å². The van der Waals surface area contributed by atoms with Crippen LogP contribution in [0.15, 0.2) is 101 Å². The van der Waals surface area contributed by atoms with Crippen molar-refractivity contribution in [2.75, 3.05) is 13.1 Å². The van der Waals surface area contributed by atoms with E-state index in [0.717, 1.165) is 71.5 Å². The van der Waals surface area contributed by atoms with Crippen molar-refractivity contribution in [2.45, 2.75) is 32.4 Å². The zero-order valence-corrected chi connectivity index (χ0v) is 22.9. The molecule has 7 heteroatoms. The molecule has 0 spiro atoms. The van der Waals surface area contributed by atoms with Crippen LogP contribution in [-0.2, 0) is 6.54 Å². The summed E-state index contributed by atoms with van der Waals surface area (Å²) in [7, 11) is 0. The lowest BCUT2D eigenvalue weighted by molar-refractivity contribution is 0.180. The number of aryl methyl sites for hydroxylation is 1. The van der Waals surface area contributed by atoms with E-state index in [2.05, 4.69) is 52.1 Å². The van der Waals surface area contributed by atoms with Gasteiger partial charge >= 0.3 is 5.69 Å². The van der Waals surface area contributed by atoms with E-state index in [1.165, 1.54) is 5.56 Å². The number of nitrogens with zero attached hydrogens (tertiary/aromatic N) is 3. The lowest BCUT2D eigenvalue weighted by atomic mass is 9.97. The van der Waals surface area contributed by atoms with Crippen molar-refractivity contribution in [2.24, 2.45) is 0 Å². The summed E-state index contributed by atoms with van der Waals surface area (Å²) in [5.74, 6) is 0. The minimum Gasteiger partial charge on any atom is -0.328 e. The molecule has 1 fully saturated rings. The molecule has 204 valence electrons. The van der Waals surface area contributed by atoms with Crippen LogP contribution < -0.4 is 11.2 Å². The molecule has 3 aromatic carbocycles. The number of imidazole rings is 1. The van der Waals surface area contributed by atoms with Gasteiger partial charge in [-0.2, -0.15) is 0 Å². The number of pyridine rings is 2. The maximum absolute atomic E-state index is 12.7. The molecule has 6 aromatic rings. The van der Waals surface area contributed by atoms with Gasteiger partial charge < -0.3 is 9.97 Å². The Kier molecular flexibility index (Phi) is 6.36. The third kappa shape index (κ3) is 4.78. The Morgan fingerprint density at radius 3 is 2.44 bits per heavy atom. The van der Waals surface area contributed by atoms with E-state index in [1.54, 1.807) is 6.20 Å². The number of benzene rings is 3. The number of hydrogen-bond acceptors (Lipinski definition) is 4. The summed E-state index contributed by atoms with van der Waals surface area (Å²) in [6.07, 6.45) is 3.53. The van der Waals surface area contributed by atoms with Gasteiger partial charge in [0.2, 0.25) is 0 Å². The van der Waals surface area contributed by atoms with Crippen LogP contribution in [-0.4, -0.2) is 37.5 Å². The van der Waals surface area contributed by atoms with E-state index >= 15 is 0 Å². The zero-order valence-electron chi connectivity index (χ0n) is 22.9. The van der Waals surface area contributed by atoms with Crippen molar-refractivity contribution in [1.29, 1.82) is 0 Å². The third-order valence-corrected chi connectivity index (χ3v) is 8.27. The number of likely N-dealkylation sites (tertiary alicyclic amines) is 1. The van der Waals surface area contributed by atoms with Gasteiger partial charge in [-0.05, 0) is 60.7 Å². The average Bonchev–Trinajstić information content (AvgIpc) is 3.33. The summed E-state index contributed by atoms with van der Waals surface area (Å²) in [4.78, 5) is 38.4. The smallest absolute Gasteiger partial charge is 0.326 e. The maximum Gasteiger partial charge on any atom is 0.326 e. The number of aromatic amines is 2. The summed E-state index contributed by atoms with van der Waals surface area (Å²) in [5.41, 5.74) is 8.69. The number of piperidine rings is 1. The lowest BCUT2D eigenvalue weighted by Crippen LogP contribution is -2.36. The molecule has 0 aliphatic carbocycles. The number of rotatable bonds is 5. The first-order valence-corrected chi connectivity index (χ1v) is 14.1. The molecule has 2 N–H and O–H groups in total. The quantitative estimate of drug-likeness (QED) is 0.278. The van der Waals surface area contributed by atoms with Crippen LogP contribution in [0, 0.1) is 6.92 Å². The topological polar surface area (TPSA) is 86.8 Å². The second-order valence-electron chi connectivity index (χ2n) is 11.0. The highest BCUT2D eigenvalue weighted by molar-refractivity contribution is 5.91. The molecular weight excluding hydrogens is 510 g/mol. The first-order chi connectivity index (χ1) is 20.0. The van der Waals surface area contributed by atoms with Gasteiger partial charge in [0.1, 0.15) is 0 Å². The van der Waals surface area contributed by atoms with Crippen LogP contribution >= 0.6 is 0 Å². The van der Waals surface area contributed by atoms with Crippen LogP contribution in [0.5, 0.6) is 0 Å². The maximum atomic E-state index is 12.7. The van der Waals surface area contributed by atoms with E-state index in [1.807, 2.05) is 59.2 Å². The lowest BCUT2D eigenvalue weighted by Gasteiger charge is -2.32. The van der Waals surface area contributed by atoms with Crippen molar-refractivity contribution in [3.63, 3.8) is 0 Å². The van der Waals surface area contributed by atoms with Gasteiger partial charge in [-0.25, -0.2) is 9.78 Å². The molecule has 7 nitrogen and oxygen atoms in total. The number of aromatic nitrogens is 4. The van der Waals surface area contributed by atoms with E-state index < -0.39 is 0 Å². The third-order valence-electron chi connectivity index (χ3n) is 8.27. The second kappa shape index (κ2) is 10.3. The minimum atomic E-state index is -0.137. The van der Waals surface area contributed by atoms with Crippen LogP contribution in [0.1, 0.15) is 30.0 Å². The monoisotopic (exact) mass is 541 g/mol. The fourth-order valence-electron chi connectivity index (χ4n) is 6.12. The highest BCUT2D eigenvalue weighted by Crippen LogP contribution is 2.33. The highest BCUT2D eigenvalue weighted by Gasteiger charge is 2.24. The fraction of sp³-hybridized carbons (Fsp3) is 0.206. The van der Waals surface area contributed by atoms with Crippen LogP contribution in [0.4, 0.5) is 0 Å². The van der Waals surface area contributed by atoms with Crippen LogP contribution in [0.3, 0.4) is 0 Å². The van der Waals surface area contributed by atoms with Crippen molar-refractivity contribution >= 4 is 21.9 Å².